The number of ether oxygens (including phenoxy) is 1. The van der Waals surface area contributed by atoms with E-state index in [1.54, 1.807) is 13.0 Å². The third-order valence-electron chi connectivity index (χ3n) is 2.95. The van der Waals surface area contributed by atoms with Gasteiger partial charge in [0.15, 0.2) is 0 Å². The van der Waals surface area contributed by atoms with E-state index in [1.165, 1.54) is 6.92 Å². The minimum absolute atomic E-state index is 0.182. The molecule has 0 saturated carbocycles. The normalized spacial score (nSPS) is 31.4. The molecule has 15 heavy (non-hydrogen) atoms. The van der Waals surface area contributed by atoms with E-state index < -0.39 is 11.2 Å². The van der Waals surface area contributed by atoms with Crippen LogP contribution in [0.3, 0.4) is 0 Å². The van der Waals surface area contributed by atoms with E-state index in [2.05, 4.69) is 0 Å². The molecule has 1 aliphatic carbocycles. The summed E-state index contributed by atoms with van der Waals surface area (Å²) < 4.78 is 5.27. The SMILES string of the molecule is CC(=O)OC(C)(C)C1C=C[C@](C)(O)CC1. The van der Waals surface area contributed by atoms with Crippen molar-refractivity contribution in [2.24, 2.45) is 5.92 Å². The smallest absolute Gasteiger partial charge is 0.303 e. The Bertz CT molecular complexity index is 277. The third kappa shape index (κ3) is 3.34. The highest BCUT2D eigenvalue weighted by molar-refractivity contribution is 5.66. The lowest BCUT2D eigenvalue weighted by Crippen LogP contribution is -2.39. The van der Waals surface area contributed by atoms with Crippen molar-refractivity contribution in [1.29, 1.82) is 0 Å². The Morgan fingerprint density at radius 1 is 1.60 bits per heavy atom. The van der Waals surface area contributed by atoms with Crippen LogP contribution in [0.15, 0.2) is 12.2 Å². The number of carbonyl (C=O) groups excluding carboxylic acids is 1. The second kappa shape index (κ2) is 3.97. The molecule has 3 heteroatoms. The summed E-state index contributed by atoms with van der Waals surface area (Å²) in [6, 6.07) is 0. The fourth-order valence-corrected chi connectivity index (χ4v) is 1.98. The van der Waals surface area contributed by atoms with Gasteiger partial charge in [0.1, 0.15) is 5.60 Å². The van der Waals surface area contributed by atoms with Crippen molar-refractivity contribution < 1.29 is 14.6 Å². The molecule has 2 atom stereocenters. The number of rotatable bonds is 2. The summed E-state index contributed by atoms with van der Waals surface area (Å²) in [5, 5.41) is 9.75. The van der Waals surface area contributed by atoms with E-state index in [1.807, 2.05) is 19.9 Å². The highest BCUT2D eigenvalue weighted by Gasteiger charge is 2.35. The van der Waals surface area contributed by atoms with Gasteiger partial charge in [0.2, 0.25) is 0 Å². The molecule has 0 fully saturated rings. The summed E-state index contributed by atoms with van der Waals surface area (Å²) in [7, 11) is 0. The van der Waals surface area contributed by atoms with Crippen molar-refractivity contribution in [3.8, 4) is 0 Å². The van der Waals surface area contributed by atoms with E-state index >= 15 is 0 Å². The van der Waals surface area contributed by atoms with Crippen molar-refractivity contribution in [3.63, 3.8) is 0 Å². The van der Waals surface area contributed by atoms with Crippen LogP contribution in [0.25, 0.3) is 0 Å². The lowest BCUT2D eigenvalue weighted by atomic mass is 9.78. The van der Waals surface area contributed by atoms with Crippen molar-refractivity contribution in [2.75, 3.05) is 0 Å². The van der Waals surface area contributed by atoms with Gasteiger partial charge in [0, 0.05) is 12.8 Å². The zero-order valence-electron chi connectivity index (χ0n) is 9.91. The van der Waals surface area contributed by atoms with Gasteiger partial charge in [-0.25, -0.2) is 0 Å². The van der Waals surface area contributed by atoms with Crippen LogP contribution >= 0.6 is 0 Å². The first-order valence-corrected chi connectivity index (χ1v) is 5.34. The predicted molar refractivity (Wildman–Crippen MR) is 58.3 cm³/mol. The molecule has 0 amide bonds. The number of hydrogen-bond donors (Lipinski definition) is 1. The quantitative estimate of drug-likeness (QED) is 0.563. The van der Waals surface area contributed by atoms with Crippen LogP contribution in [0.4, 0.5) is 0 Å². The van der Waals surface area contributed by atoms with Gasteiger partial charge in [-0.05, 0) is 33.6 Å². The fourth-order valence-electron chi connectivity index (χ4n) is 1.98. The van der Waals surface area contributed by atoms with Crippen LogP contribution in [0.5, 0.6) is 0 Å². The molecule has 0 aromatic carbocycles. The van der Waals surface area contributed by atoms with E-state index in [0.717, 1.165) is 6.42 Å². The van der Waals surface area contributed by atoms with E-state index in [-0.39, 0.29) is 11.9 Å². The molecule has 86 valence electrons. The third-order valence-corrected chi connectivity index (χ3v) is 2.95. The van der Waals surface area contributed by atoms with Crippen molar-refractivity contribution in [3.05, 3.63) is 12.2 Å². The monoisotopic (exact) mass is 212 g/mol. The van der Waals surface area contributed by atoms with Crippen LogP contribution < -0.4 is 0 Å². The molecular weight excluding hydrogens is 192 g/mol. The second-order valence-corrected chi connectivity index (χ2v) is 5.06. The van der Waals surface area contributed by atoms with Crippen molar-refractivity contribution in [1.82, 2.24) is 0 Å². The van der Waals surface area contributed by atoms with Gasteiger partial charge in [-0.1, -0.05) is 12.2 Å². The summed E-state index contributed by atoms with van der Waals surface area (Å²) >= 11 is 0. The lowest BCUT2D eigenvalue weighted by molar-refractivity contribution is -0.157. The van der Waals surface area contributed by atoms with Gasteiger partial charge < -0.3 is 9.84 Å². The van der Waals surface area contributed by atoms with E-state index in [9.17, 15) is 9.90 Å². The van der Waals surface area contributed by atoms with Gasteiger partial charge in [-0.2, -0.15) is 0 Å². The van der Waals surface area contributed by atoms with Gasteiger partial charge >= 0.3 is 5.97 Å². The Hall–Kier alpha value is -0.830. The zero-order valence-corrected chi connectivity index (χ0v) is 9.91. The van der Waals surface area contributed by atoms with Crippen LogP contribution in [0, 0.1) is 5.92 Å². The van der Waals surface area contributed by atoms with Gasteiger partial charge in [0.05, 0.1) is 5.60 Å². The summed E-state index contributed by atoms with van der Waals surface area (Å²) in [6.07, 6.45) is 5.29. The standard InChI is InChI=1S/C12H20O3/c1-9(13)15-11(2,3)10-5-7-12(4,14)8-6-10/h5,7,10,14H,6,8H2,1-4H3/t10?,12-/m0/s1. The summed E-state index contributed by atoms with van der Waals surface area (Å²) in [4.78, 5) is 10.9. The van der Waals surface area contributed by atoms with Gasteiger partial charge in [-0.3, -0.25) is 4.79 Å². The molecule has 1 aliphatic rings. The maximum Gasteiger partial charge on any atom is 0.303 e. The second-order valence-electron chi connectivity index (χ2n) is 5.06. The first-order chi connectivity index (χ1) is 6.73. The Morgan fingerprint density at radius 2 is 2.20 bits per heavy atom. The molecule has 0 radical (unpaired) electrons. The van der Waals surface area contributed by atoms with Gasteiger partial charge in [0.25, 0.3) is 0 Å². The van der Waals surface area contributed by atoms with E-state index in [4.69, 9.17) is 4.74 Å². The number of esters is 1. The molecule has 0 spiro atoms. The molecular formula is C12H20O3. The highest BCUT2D eigenvalue weighted by Crippen LogP contribution is 2.34. The molecule has 0 heterocycles. The Balaban J connectivity index is 2.70. The zero-order chi connectivity index (χ0) is 11.7. The number of hydrogen-bond acceptors (Lipinski definition) is 3. The molecule has 0 aliphatic heterocycles. The van der Waals surface area contributed by atoms with Crippen molar-refractivity contribution in [2.45, 2.75) is 51.7 Å². The topological polar surface area (TPSA) is 46.5 Å². The number of aliphatic hydroxyl groups is 1. The molecule has 1 rings (SSSR count). The van der Waals surface area contributed by atoms with Crippen LogP contribution in [-0.4, -0.2) is 22.3 Å². The summed E-state index contributed by atoms with van der Waals surface area (Å²) in [6.45, 7) is 7.02. The minimum atomic E-state index is -0.706. The molecule has 0 aromatic rings. The largest absolute Gasteiger partial charge is 0.459 e. The minimum Gasteiger partial charge on any atom is -0.459 e. The molecule has 3 nitrogen and oxygen atoms in total. The number of carbonyl (C=O) groups is 1. The Labute approximate surface area is 91.1 Å². The maximum absolute atomic E-state index is 10.9. The van der Waals surface area contributed by atoms with Crippen LogP contribution in [-0.2, 0) is 9.53 Å². The Morgan fingerprint density at radius 3 is 2.60 bits per heavy atom. The Kier molecular flexibility index (Phi) is 3.24. The molecule has 0 aromatic heterocycles. The average molecular weight is 212 g/mol. The fraction of sp³-hybridized carbons (Fsp3) is 0.750. The molecule has 1 unspecified atom stereocenters. The predicted octanol–water partition coefficient (Wildman–Crippen LogP) is 2.05. The first-order valence-electron chi connectivity index (χ1n) is 5.34. The maximum atomic E-state index is 10.9. The van der Waals surface area contributed by atoms with Gasteiger partial charge in [-0.15, -0.1) is 0 Å². The highest BCUT2D eigenvalue weighted by atomic mass is 16.6. The van der Waals surface area contributed by atoms with Crippen molar-refractivity contribution >= 4 is 5.97 Å². The summed E-state index contributed by atoms with van der Waals surface area (Å²) in [5.41, 5.74) is -1.19. The van der Waals surface area contributed by atoms with Crippen LogP contribution in [0.1, 0.15) is 40.5 Å². The summed E-state index contributed by atoms with van der Waals surface area (Å²) in [5.74, 6) is -0.0765. The molecule has 0 bridgehead atoms. The van der Waals surface area contributed by atoms with Crippen LogP contribution in [0.2, 0.25) is 0 Å². The molecule has 1 N–H and O–H groups in total. The van der Waals surface area contributed by atoms with E-state index in [0.29, 0.717) is 6.42 Å². The lowest BCUT2D eigenvalue weighted by Gasteiger charge is -2.36. The molecule has 0 saturated heterocycles. The average Bonchev–Trinajstić information content (AvgIpc) is 2.00. The first kappa shape index (κ1) is 12.2.